The van der Waals surface area contributed by atoms with E-state index in [9.17, 15) is 5.11 Å². The second-order valence-electron chi connectivity index (χ2n) is 5.80. The molecule has 1 fully saturated rings. The maximum absolute atomic E-state index is 9.50. The van der Waals surface area contributed by atoms with Crippen LogP contribution in [0.25, 0.3) is 0 Å². The summed E-state index contributed by atoms with van der Waals surface area (Å²) in [5.74, 6) is 1.47. The van der Waals surface area contributed by atoms with Gasteiger partial charge in [0.05, 0.1) is 0 Å². The molecule has 1 N–H and O–H groups in total. The van der Waals surface area contributed by atoms with Gasteiger partial charge in [-0.15, -0.1) is 0 Å². The summed E-state index contributed by atoms with van der Waals surface area (Å²) in [7, 11) is 0. The monoisotopic (exact) mass is 282 g/mol. The Bertz CT molecular complexity index is 544. The summed E-state index contributed by atoms with van der Waals surface area (Å²) >= 11 is 0. The van der Waals surface area contributed by atoms with Crippen molar-refractivity contribution >= 4 is 5.82 Å². The van der Waals surface area contributed by atoms with Gasteiger partial charge >= 0.3 is 0 Å². The van der Waals surface area contributed by atoms with Gasteiger partial charge in [-0.25, -0.2) is 4.98 Å². The molecular weight excluding hydrogens is 260 g/mol. The summed E-state index contributed by atoms with van der Waals surface area (Å²) < 4.78 is 0. The van der Waals surface area contributed by atoms with Crippen LogP contribution in [0, 0.1) is 5.92 Å². The lowest BCUT2D eigenvalue weighted by Crippen LogP contribution is -2.45. The average Bonchev–Trinajstić information content (AvgIpc) is 2.56. The number of aliphatic hydroxyl groups excluding tert-OH is 1. The van der Waals surface area contributed by atoms with Crippen molar-refractivity contribution in [2.24, 2.45) is 5.92 Å². The van der Waals surface area contributed by atoms with Crippen LogP contribution in [0.1, 0.15) is 18.4 Å². The molecule has 2 unspecified atom stereocenters. The third-order valence-corrected chi connectivity index (χ3v) is 4.34. The van der Waals surface area contributed by atoms with Gasteiger partial charge in [-0.05, 0) is 42.9 Å². The van der Waals surface area contributed by atoms with Crippen molar-refractivity contribution in [1.29, 1.82) is 0 Å². The molecule has 2 heterocycles. The molecule has 2 aromatic rings. The molecule has 1 aliphatic heterocycles. The van der Waals surface area contributed by atoms with Crippen LogP contribution in [-0.2, 0) is 6.42 Å². The second kappa shape index (κ2) is 6.72. The first-order valence-electron chi connectivity index (χ1n) is 7.69. The van der Waals surface area contributed by atoms with E-state index in [0.29, 0.717) is 18.6 Å². The van der Waals surface area contributed by atoms with Crippen molar-refractivity contribution in [2.45, 2.75) is 25.3 Å². The second-order valence-corrected chi connectivity index (χ2v) is 5.80. The van der Waals surface area contributed by atoms with Crippen LogP contribution in [0.4, 0.5) is 5.82 Å². The first-order valence-corrected chi connectivity index (χ1v) is 7.69. The van der Waals surface area contributed by atoms with Gasteiger partial charge in [0.2, 0.25) is 0 Å². The van der Waals surface area contributed by atoms with Gasteiger partial charge < -0.3 is 10.0 Å². The van der Waals surface area contributed by atoms with E-state index in [0.717, 1.165) is 31.6 Å². The van der Waals surface area contributed by atoms with E-state index in [1.807, 2.05) is 18.3 Å². The topological polar surface area (TPSA) is 36.4 Å². The van der Waals surface area contributed by atoms with Crippen molar-refractivity contribution in [2.75, 3.05) is 18.1 Å². The zero-order valence-electron chi connectivity index (χ0n) is 12.2. The Morgan fingerprint density at radius 1 is 1.10 bits per heavy atom. The van der Waals surface area contributed by atoms with Crippen LogP contribution in [-0.4, -0.2) is 29.3 Å². The number of anilines is 1. The Labute approximate surface area is 126 Å². The van der Waals surface area contributed by atoms with Crippen molar-refractivity contribution < 1.29 is 5.11 Å². The van der Waals surface area contributed by atoms with Crippen LogP contribution in [0.3, 0.4) is 0 Å². The number of hydrogen-bond acceptors (Lipinski definition) is 3. The van der Waals surface area contributed by atoms with Gasteiger partial charge in [-0.3, -0.25) is 0 Å². The van der Waals surface area contributed by atoms with Gasteiger partial charge in [-0.1, -0.05) is 36.4 Å². The van der Waals surface area contributed by atoms with Gasteiger partial charge in [-0.2, -0.15) is 0 Å². The summed E-state index contributed by atoms with van der Waals surface area (Å²) in [6.45, 7) is 1.26. The SMILES string of the molecule is OCC1CCN(c2ccccn2)C(Cc2ccccc2)C1. The zero-order chi connectivity index (χ0) is 14.5. The number of pyridine rings is 1. The standard InChI is InChI=1S/C18H22N2O/c21-14-16-9-11-20(18-8-4-5-10-19-18)17(13-16)12-15-6-2-1-3-7-15/h1-8,10,16-17,21H,9,11-14H2. The predicted molar refractivity (Wildman–Crippen MR) is 85.3 cm³/mol. The van der Waals surface area contributed by atoms with E-state index in [-0.39, 0.29) is 0 Å². The molecule has 3 heteroatoms. The fourth-order valence-electron chi connectivity index (χ4n) is 3.20. The molecule has 1 aromatic carbocycles. The first-order chi connectivity index (χ1) is 10.4. The summed E-state index contributed by atoms with van der Waals surface area (Å²) in [5.41, 5.74) is 1.35. The molecule has 0 bridgehead atoms. The molecule has 0 amide bonds. The lowest BCUT2D eigenvalue weighted by molar-refractivity contribution is 0.187. The number of piperidine rings is 1. The number of benzene rings is 1. The van der Waals surface area contributed by atoms with Crippen LogP contribution >= 0.6 is 0 Å². The van der Waals surface area contributed by atoms with Crippen LogP contribution in [0.2, 0.25) is 0 Å². The highest BCUT2D eigenvalue weighted by atomic mass is 16.3. The van der Waals surface area contributed by atoms with Crippen LogP contribution in [0.5, 0.6) is 0 Å². The smallest absolute Gasteiger partial charge is 0.128 e. The molecular formula is C18H22N2O. The highest BCUT2D eigenvalue weighted by Gasteiger charge is 2.28. The molecule has 3 nitrogen and oxygen atoms in total. The Morgan fingerprint density at radius 3 is 2.62 bits per heavy atom. The molecule has 1 aliphatic rings. The van der Waals surface area contributed by atoms with Gasteiger partial charge in [0, 0.05) is 25.4 Å². The number of rotatable bonds is 4. The molecule has 0 radical (unpaired) electrons. The lowest BCUT2D eigenvalue weighted by atomic mass is 9.88. The number of aromatic nitrogens is 1. The number of aliphatic hydroxyl groups is 1. The molecule has 1 aromatic heterocycles. The van der Waals surface area contributed by atoms with Crippen molar-refractivity contribution in [1.82, 2.24) is 4.98 Å². The quantitative estimate of drug-likeness (QED) is 0.936. The molecule has 0 saturated carbocycles. The molecule has 1 saturated heterocycles. The third-order valence-electron chi connectivity index (χ3n) is 4.34. The molecule has 3 rings (SSSR count). The molecule has 2 atom stereocenters. The predicted octanol–water partition coefficient (Wildman–Crippen LogP) is 2.90. The summed E-state index contributed by atoms with van der Waals surface area (Å²) in [5, 5.41) is 9.50. The van der Waals surface area contributed by atoms with Crippen molar-refractivity contribution in [3.8, 4) is 0 Å². The van der Waals surface area contributed by atoms with E-state index < -0.39 is 0 Å². The third kappa shape index (κ3) is 3.42. The van der Waals surface area contributed by atoms with Gasteiger partial charge in [0.1, 0.15) is 5.82 Å². The largest absolute Gasteiger partial charge is 0.396 e. The lowest BCUT2D eigenvalue weighted by Gasteiger charge is -2.40. The molecule has 0 aliphatic carbocycles. The van der Waals surface area contributed by atoms with Crippen LogP contribution in [0.15, 0.2) is 54.7 Å². The van der Waals surface area contributed by atoms with Crippen LogP contribution < -0.4 is 4.90 Å². The Hall–Kier alpha value is -1.87. The first kappa shape index (κ1) is 14.1. The minimum absolute atomic E-state index is 0.293. The Balaban J connectivity index is 1.80. The van der Waals surface area contributed by atoms with E-state index >= 15 is 0 Å². The van der Waals surface area contributed by atoms with E-state index in [1.165, 1.54) is 5.56 Å². The van der Waals surface area contributed by atoms with Gasteiger partial charge in [0.25, 0.3) is 0 Å². The maximum Gasteiger partial charge on any atom is 0.128 e. The van der Waals surface area contributed by atoms with Gasteiger partial charge in [0.15, 0.2) is 0 Å². The highest BCUT2D eigenvalue weighted by Crippen LogP contribution is 2.28. The summed E-state index contributed by atoms with van der Waals surface area (Å²) in [6, 6.07) is 17.1. The normalized spacial score (nSPS) is 22.2. The number of nitrogens with zero attached hydrogens (tertiary/aromatic N) is 2. The molecule has 110 valence electrons. The summed E-state index contributed by atoms with van der Waals surface area (Å²) in [6.07, 6.45) is 4.93. The summed E-state index contributed by atoms with van der Waals surface area (Å²) in [4.78, 5) is 6.91. The number of hydrogen-bond donors (Lipinski definition) is 1. The Kier molecular flexibility index (Phi) is 4.51. The van der Waals surface area contributed by atoms with Crippen molar-refractivity contribution in [3.05, 3.63) is 60.3 Å². The molecule has 0 spiro atoms. The minimum Gasteiger partial charge on any atom is -0.396 e. The van der Waals surface area contributed by atoms with E-state index in [4.69, 9.17) is 0 Å². The zero-order valence-corrected chi connectivity index (χ0v) is 12.2. The minimum atomic E-state index is 0.293. The Morgan fingerprint density at radius 2 is 1.90 bits per heavy atom. The fourth-order valence-corrected chi connectivity index (χ4v) is 3.20. The highest BCUT2D eigenvalue weighted by molar-refractivity contribution is 5.40. The average molecular weight is 282 g/mol. The molecule has 21 heavy (non-hydrogen) atoms. The fraction of sp³-hybridized carbons (Fsp3) is 0.389. The maximum atomic E-state index is 9.50. The van der Waals surface area contributed by atoms with Crippen molar-refractivity contribution in [3.63, 3.8) is 0 Å². The van der Waals surface area contributed by atoms with E-state index in [1.54, 1.807) is 0 Å². The van der Waals surface area contributed by atoms with E-state index in [2.05, 4.69) is 46.3 Å².